The minimum Gasteiger partial charge on any atom is -0.361 e. The number of hydrogen-bond acceptors (Lipinski definition) is 3. The molecule has 1 atom stereocenters. The van der Waals surface area contributed by atoms with Crippen molar-refractivity contribution in [2.24, 2.45) is 0 Å². The van der Waals surface area contributed by atoms with E-state index >= 15 is 0 Å². The number of halogens is 1. The number of nitrogens with one attached hydrogen (secondary N) is 2. The van der Waals surface area contributed by atoms with Crippen molar-refractivity contribution in [3.8, 4) is 0 Å². The summed E-state index contributed by atoms with van der Waals surface area (Å²) in [5, 5.41) is 2.40. The number of para-hydroxylation sites is 2. The lowest BCUT2D eigenvalue weighted by atomic mass is 9.89. The van der Waals surface area contributed by atoms with E-state index in [4.69, 9.17) is 0 Å². The molecule has 2 N–H and O–H groups in total. The third kappa shape index (κ3) is 4.56. The molecule has 36 heavy (non-hydrogen) atoms. The van der Waals surface area contributed by atoms with Crippen LogP contribution in [0.5, 0.6) is 0 Å². The van der Waals surface area contributed by atoms with Gasteiger partial charge in [-0.1, -0.05) is 36.4 Å². The van der Waals surface area contributed by atoms with Gasteiger partial charge in [0.25, 0.3) is 0 Å². The molecule has 2 aliphatic rings. The number of nitrogens with zero attached hydrogens (tertiary/aromatic N) is 2. The predicted octanol–water partition coefficient (Wildman–Crippen LogP) is 5.57. The van der Waals surface area contributed by atoms with Gasteiger partial charge in [0.1, 0.15) is 0 Å². The van der Waals surface area contributed by atoms with Gasteiger partial charge in [-0.3, -0.25) is 14.5 Å². The molecular weight excluding hydrogens is 472 g/mol. The average molecular weight is 505 g/mol. The second kappa shape index (κ2) is 10.5. The number of hydrogen-bond donors (Lipinski definition) is 2. The van der Waals surface area contributed by atoms with E-state index in [0.29, 0.717) is 12.5 Å². The van der Waals surface area contributed by atoms with Crippen LogP contribution in [0.4, 0.5) is 0 Å². The highest BCUT2D eigenvalue weighted by Gasteiger charge is 2.40. The fraction of sp³-hybridized carbons (Fsp3) is 0.379. The number of carbonyl (C=O) groups is 2. The van der Waals surface area contributed by atoms with E-state index in [1.807, 2.05) is 30.5 Å². The van der Waals surface area contributed by atoms with Gasteiger partial charge in [-0.05, 0) is 74.5 Å². The van der Waals surface area contributed by atoms with Gasteiger partial charge in [-0.25, -0.2) is 0 Å². The van der Waals surface area contributed by atoms with Crippen LogP contribution in [-0.2, 0) is 9.59 Å². The summed E-state index contributed by atoms with van der Waals surface area (Å²) >= 11 is 0. The maximum absolute atomic E-state index is 13.1. The molecule has 0 radical (unpaired) electrons. The first-order chi connectivity index (χ1) is 17.2. The summed E-state index contributed by atoms with van der Waals surface area (Å²) in [7, 11) is 0. The van der Waals surface area contributed by atoms with E-state index in [1.54, 1.807) is 0 Å². The van der Waals surface area contributed by atoms with Crippen molar-refractivity contribution in [2.45, 2.75) is 43.9 Å². The van der Waals surface area contributed by atoms with E-state index in [-0.39, 0.29) is 36.6 Å². The molecule has 2 aliphatic heterocycles. The van der Waals surface area contributed by atoms with E-state index in [2.05, 4.69) is 45.3 Å². The molecular formula is C29H33ClN4O2. The van der Waals surface area contributed by atoms with Crippen LogP contribution >= 0.6 is 12.4 Å². The van der Waals surface area contributed by atoms with Crippen molar-refractivity contribution in [3.05, 3.63) is 72.1 Å². The molecule has 7 heteroatoms. The first kappa shape index (κ1) is 24.6. The molecule has 0 aliphatic carbocycles. The lowest BCUT2D eigenvalue weighted by Gasteiger charge is -2.32. The van der Waals surface area contributed by atoms with Crippen LogP contribution in [0, 0.1) is 0 Å². The number of rotatable bonds is 7. The Morgan fingerprint density at radius 1 is 0.778 bits per heavy atom. The lowest BCUT2D eigenvalue weighted by molar-refractivity contribution is -0.138. The summed E-state index contributed by atoms with van der Waals surface area (Å²) in [6, 6.07) is 16.5. The predicted molar refractivity (Wildman–Crippen MR) is 146 cm³/mol. The average Bonchev–Trinajstić information content (AvgIpc) is 3.58. The highest BCUT2D eigenvalue weighted by atomic mass is 35.5. The number of carbonyl (C=O) groups excluding carboxylic acids is 2. The Labute approximate surface area is 217 Å². The fourth-order valence-electron chi connectivity index (χ4n) is 6.05. The van der Waals surface area contributed by atoms with Crippen LogP contribution < -0.4 is 0 Å². The molecule has 6 nitrogen and oxygen atoms in total. The molecule has 4 heterocycles. The number of piperidine rings is 1. The van der Waals surface area contributed by atoms with Gasteiger partial charge >= 0.3 is 0 Å². The van der Waals surface area contributed by atoms with Gasteiger partial charge < -0.3 is 14.9 Å². The van der Waals surface area contributed by atoms with Crippen LogP contribution in [0.25, 0.3) is 21.8 Å². The summed E-state index contributed by atoms with van der Waals surface area (Å²) in [5.41, 5.74) is 4.63. The summed E-state index contributed by atoms with van der Waals surface area (Å²) in [6.45, 7) is 3.77. The number of likely N-dealkylation sites (tertiary alicyclic amines) is 2. The molecule has 188 valence electrons. The Balaban J connectivity index is 0.00000267. The first-order valence-corrected chi connectivity index (χ1v) is 12.9. The number of H-pyrrole nitrogens is 2. The molecule has 1 unspecified atom stereocenters. The van der Waals surface area contributed by atoms with Gasteiger partial charge in [0, 0.05) is 47.2 Å². The molecule has 6 rings (SSSR count). The van der Waals surface area contributed by atoms with E-state index < -0.39 is 0 Å². The normalized spacial score (nSPS) is 19.4. The van der Waals surface area contributed by atoms with Gasteiger partial charge in [0.05, 0.1) is 5.92 Å². The Kier molecular flexibility index (Phi) is 7.17. The van der Waals surface area contributed by atoms with Gasteiger partial charge in [0.15, 0.2) is 0 Å². The number of unbranched alkanes of at least 4 members (excludes halogenated alkanes) is 1. The first-order valence-electron chi connectivity index (χ1n) is 12.9. The van der Waals surface area contributed by atoms with Crippen molar-refractivity contribution in [2.75, 3.05) is 26.2 Å². The SMILES string of the molecule is Cl.O=C1CC(c2c[nH]c3ccccc23)C(=O)N1CCCCN1CCC(c2c[nH]c3ccccc23)CC1. The quantitative estimate of drug-likeness (QED) is 0.255. The third-order valence-electron chi connectivity index (χ3n) is 8.00. The lowest BCUT2D eigenvalue weighted by Crippen LogP contribution is -2.35. The summed E-state index contributed by atoms with van der Waals surface area (Å²) in [4.78, 5) is 36.4. The highest BCUT2D eigenvalue weighted by Crippen LogP contribution is 2.35. The Morgan fingerprint density at radius 2 is 1.36 bits per heavy atom. The standard InChI is InChI=1S/C29H32N4O2.ClH/c34-28-17-23(25-19-31-27-10-4-2-8-22(25)27)29(35)33(28)14-6-5-13-32-15-11-20(12-16-32)24-18-30-26-9-3-1-7-21(24)26;/h1-4,7-10,18-20,23,30-31H,5-6,11-17H2;1H. The van der Waals surface area contributed by atoms with Gasteiger partial charge in [-0.2, -0.15) is 0 Å². The monoisotopic (exact) mass is 504 g/mol. The van der Waals surface area contributed by atoms with Gasteiger partial charge in [-0.15, -0.1) is 12.4 Å². The Bertz CT molecular complexity index is 1370. The van der Waals surface area contributed by atoms with E-state index in [0.717, 1.165) is 48.9 Å². The zero-order valence-electron chi connectivity index (χ0n) is 20.4. The number of amides is 2. The molecule has 4 aromatic rings. The molecule has 0 bridgehead atoms. The van der Waals surface area contributed by atoms with E-state index in [1.165, 1.54) is 34.2 Å². The topological polar surface area (TPSA) is 72.2 Å². The zero-order chi connectivity index (χ0) is 23.8. The van der Waals surface area contributed by atoms with Crippen LogP contribution in [-0.4, -0.2) is 57.8 Å². The second-order valence-corrected chi connectivity index (χ2v) is 10.0. The van der Waals surface area contributed by atoms with Crippen LogP contribution in [0.15, 0.2) is 60.9 Å². The third-order valence-corrected chi connectivity index (χ3v) is 8.00. The van der Waals surface area contributed by atoms with Gasteiger partial charge in [0.2, 0.25) is 11.8 Å². The minimum absolute atomic E-state index is 0. The molecule has 2 aromatic carbocycles. The van der Waals surface area contributed by atoms with Crippen LogP contribution in [0.1, 0.15) is 55.1 Å². The maximum Gasteiger partial charge on any atom is 0.237 e. The smallest absolute Gasteiger partial charge is 0.237 e. The fourth-order valence-corrected chi connectivity index (χ4v) is 6.05. The van der Waals surface area contributed by atoms with Crippen molar-refractivity contribution in [1.29, 1.82) is 0 Å². The summed E-state index contributed by atoms with van der Waals surface area (Å²) < 4.78 is 0. The minimum atomic E-state index is -0.359. The van der Waals surface area contributed by atoms with Crippen molar-refractivity contribution < 1.29 is 9.59 Å². The number of benzene rings is 2. The number of fused-ring (bicyclic) bond motifs is 2. The number of imide groups is 1. The molecule has 2 fully saturated rings. The summed E-state index contributed by atoms with van der Waals surface area (Å²) in [6.07, 6.45) is 8.59. The molecule has 2 aromatic heterocycles. The van der Waals surface area contributed by atoms with Crippen molar-refractivity contribution >= 4 is 46.0 Å². The summed E-state index contributed by atoms with van der Waals surface area (Å²) in [5.74, 6) is 0.176. The van der Waals surface area contributed by atoms with Crippen molar-refractivity contribution in [3.63, 3.8) is 0 Å². The number of aromatic nitrogens is 2. The maximum atomic E-state index is 13.1. The van der Waals surface area contributed by atoms with Crippen LogP contribution in [0.2, 0.25) is 0 Å². The highest BCUT2D eigenvalue weighted by molar-refractivity contribution is 6.07. The van der Waals surface area contributed by atoms with Crippen LogP contribution in [0.3, 0.4) is 0 Å². The number of aromatic amines is 2. The molecule has 2 saturated heterocycles. The molecule has 0 saturated carbocycles. The van der Waals surface area contributed by atoms with E-state index in [9.17, 15) is 9.59 Å². The van der Waals surface area contributed by atoms with Crippen molar-refractivity contribution in [1.82, 2.24) is 19.8 Å². The second-order valence-electron chi connectivity index (χ2n) is 10.0. The Hall–Kier alpha value is -3.09. The molecule has 0 spiro atoms. The zero-order valence-corrected chi connectivity index (χ0v) is 21.2. The largest absolute Gasteiger partial charge is 0.361 e. The Morgan fingerprint density at radius 3 is 2.06 bits per heavy atom. The molecule has 2 amide bonds.